The molecule has 0 aliphatic carbocycles. The first-order chi connectivity index (χ1) is 9.65. The van der Waals surface area contributed by atoms with E-state index in [2.05, 4.69) is 34.3 Å². The van der Waals surface area contributed by atoms with E-state index in [1.807, 2.05) is 6.92 Å². The zero-order chi connectivity index (χ0) is 14.5. The van der Waals surface area contributed by atoms with Crippen molar-refractivity contribution in [1.82, 2.24) is 19.6 Å². The number of fused-ring (bicyclic) bond motifs is 1. The van der Waals surface area contributed by atoms with Crippen molar-refractivity contribution in [2.45, 2.75) is 46.5 Å². The Morgan fingerprint density at radius 3 is 2.95 bits per heavy atom. The van der Waals surface area contributed by atoms with Gasteiger partial charge in [-0.1, -0.05) is 33.1 Å². The molecule has 0 bridgehead atoms. The monoisotopic (exact) mass is 277 g/mol. The van der Waals surface area contributed by atoms with E-state index in [0.717, 1.165) is 18.8 Å². The molecule has 0 spiro atoms. The fraction of sp³-hybridized carbons (Fsp3) is 0.643. The minimum atomic E-state index is -0.245. The van der Waals surface area contributed by atoms with Crippen LogP contribution in [-0.2, 0) is 0 Å². The van der Waals surface area contributed by atoms with Gasteiger partial charge in [0.2, 0.25) is 0 Å². The first kappa shape index (κ1) is 14.6. The first-order valence-corrected chi connectivity index (χ1v) is 7.34. The summed E-state index contributed by atoms with van der Waals surface area (Å²) in [5.74, 6) is 2.09. The van der Waals surface area contributed by atoms with E-state index in [1.165, 1.54) is 23.7 Å². The summed E-state index contributed by atoms with van der Waals surface area (Å²) >= 11 is 0. The van der Waals surface area contributed by atoms with Crippen molar-refractivity contribution in [3.8, 4) is 0 Å². The Labute approximate surface area is 118 Å². The van der Waals surface area contributed by atoms with Crippen LogP contribution in [0, 0.1) is 12.8 Å². The lowest BCUT2D eigenvalue weighted by molar-refractivity contribution is 0.472. The van der Waals surface area contributed by atoms with Crippen LogP contribution in [0.5, 0.6) is 0 Å². The molecule has 0 fully saturated rings. The number of rotatable bonds is 7. The third-order valence-electron chi connectivity index (χ3n) is 3.69. The molecule has 2 heterocycles. The van der Waals surface area contributed by atoms with Crippen LogP contribution in [0.2, 0.25) is 0 Å². The molecule has 20 heavy (non-hydrogen) atoms. The predicted octanol–water partition coefficient (Wildman–Crippen LogP) is 2.35. The molecule has 0 saturated carbocycles. The van der Waals surface area contributed by atoms with Gasteiger partial charge in [-0.15, -0.1) is 0 Å². The summed E-state index contributed by atoms with van der Waals surface area (Å²) in [6, 6.07) is 1.80. The predicted molar refractivity (Wildman–Crippen MR) is 80.1 cm³/mol. The highest BCUT2D eigenvalue weighted by molar-refractivity contribution is 5.49. The molecule has 0 aromatic carbocycles. The van der Waals surface area contributed by atoms with Crippen molar-refractivity contribution in [1.29, 1.82) is 0 Å². The topological polar surface area (TPSA) is 75.1 Å². The molecule has 110 valence electrons. The Morgan fingerprint density at radius 1 is 1.45 bits per heavy atom. The van der Waals surface area contributed by atoms with Crippen LogP contribution in [0.25, 0.3) is 5.65 Å². The standard InChI is InChI=1S/C14H23N5O/c1-4-6-7-11(5-2)9-15-12-8-13-17-18-14(20)19(13)10(3)16-12/h8,11,15H,4-7,9H2,1-3H3,(H,18,20). The van der Waals surface area contributed by atoms with Crippen LogP contribution in [-0.4, -0.2) is 26.1 Å². The van der Waals surface area contributed by atoms with Gasteiger partial charge in [0.05, 0.1) is 0 Å². The maximum Gasteiger partial charge on any atom is 0.349 e. The summed E-state index contributed by atoms with van der Waals surface area (Å²) < 4.78 is 1.47. The second-order valence-corrected chi connectivity index (χ2v) is 5.21. The van der Waals surface area contributed by atoms with Crippen molar-refractivity contribution in [3.05, 3.63) is 22.4 Å². The van der Waals surface area contributed by atoms with E-state index in [4.69, 9.17) is 0 Å². The Kier molecular flexibility index (Phi) is 4.76. The molecule has 6 nitrogen and oxygen atoms in total. The average molecular weight is 277 g/mol. The van der Waals surface area contributed by atoms with E-state index in [0.29, 0.717) is 17.4 Å². The summed E-state index contributed by atoms with van der Waals surface area (Å²) in [5, 5.41) is 9.79. The number of hydrogen-bond donors (Lipinski definition) is 2. The second-order valence-electron chi connectivity index (χ2n) is 5.21. The lowest BCUT2D eigenvalue weighted by atomic mass is 9.99. The highest BCUT2D eigenvalue weighted by Gasteiger charge is 2.09. The molecule has 2 aromatic heterocycles. The molecule has 6 heteroatoms. The zero-order valence-corrected chi connectivity index (χ0v) is 12.4. The summed E-state index contributed by atoms with van der Waals surface area (Å²) in [6.07, 6.45) is 4.90. The van der Waals surface area contributed by atoms with Crippen LogP contribution in [0.4, 0.5) is 5.82 Å². The molecule has 0 aliphatic heterocycles. The Hall–Kier alpha value is -1.85. The summed E-state index contributed by atoms with van der Waals surface area (Å²) in [7, 11) is 0. The fourth-order valence-corrected chi connectivity index (χ4v) is 2.38. The molecular formula is C14H23N5O. The molecule has 0 saturated heterocycles. The molecule has 0 amide bonds. The number of unbranched alkanes of at least 4 members (excludes halogenated alkanes) is 1. The van der Waals surface area contributed by atoms with E-state index in [-0.39, 0.29) is 5.69 Å². The van der Waals surface area contributed by atoms with Crippen molar-refractivity contribution in [2.75, 3.05) is 11.9 Å². The van der Waals surface area contributed by atoms with E-state index in [9.17, 15) is 4.79 Å². The third kappa shape index (κ3) is 3.18. The smallest absolute Gasteiger partial charge is 0.349 e. The van der Waals surface area contributed by atoms with Gasteiger partial charge >= 0.3 is 5.69 Å². The van der Waals surface area contributed by atoms with Crippen LogP contribution >= 0.6 is 0 Å². The summed E-state index contributed by atoms with van der Waals surface area (Å²) in [5.41, 5.74) is 0.359. The van der Waals surface area contributed by atoms with E-state index < -0.39 is 0 Å². The number of aryl methyl sites for hydroxylation is 1. The molecule has 1 unspecified atom stereocenters. The minimum absolute atomic E-state index is 0.245. The number of aromatic nitrogens is 4. The lowest BCUT2D eigenvalue weighted by Gasteiger charge is -2.15. The zero-order valence-electron chi connectivity index (χ0n) is 12.4. The largest absolute Gasteiger partial charge is 0.370 e. The molecule has 2 rings (SSSR count). The minimum Gasteiger partial charge on any atom is -0.370 e. The number of H-pyrrole nitrogens is 1. The normalized spacial score (nSPS) is 12.8. The van der Waals surface area contributed by atoms with Crippen molar-refractivity contribution < 1.29 is 0 Å². The van der Waals surface area contributed by atoms with Crippen molar-refractivity contribution in [2.24, 2.45) is 5.92 Å². The number of nitrogens with one attached hydrogen (secondary N) is 2. The summed E-state index contributed by atoms with van der Waals surface area (Å²) in [4.78, 5) is 15.9. The second kappa shape index (κ2) is 6.54. The van der Waals surface area contributed by atoms with Gasteiger partial charge in [0.1, 0.15) is 11.6 Å². The molecular weight excluding hydrogens is 254 g/mol. The third-order valence-corrected chi connectivity index (χ3v) is 3.69. The van der Waals surface area contributed by atoms with Gasteiger partial charge in [-0.2, -0.15) is 5.10 Å². The van der Waals surface area contributed by atoms with Gasteiger partial charge < -0.3 is 5.32 Å². The quantitative estimate of drug-likeness (QED) is 0.814. The SMILES string of the molecule is CCCCC(CC)CNc1cc2n[nH]c(=O)n2c(C)n1. The number of anilines is 1. The summed E-state index contributed by atoms with van der Waals surface area (Å²) in [6.45, 7) is 7.16. The number of nitrogens with zero attached hydrogens (tertiary/aromatic N) is 3. The van der Waals surface area contributed by atoms with Crippen LogP contribution < -0.4 is 11.0 Å². The van der Waals surface area contributed by atoms with Crippen LogP contribution in [0.1, 0.15) is 45.4 Å². The maximum absolute atomic E-state index is 11.5. The van der Waals surface area contributed by atoms with Gasteiger partial charge in [0, 0.05) is 12.6 Å². The van der Waals surface area contributed by atoms with Gasteiger partial charge in [0.25, 0.3) is 0 Å². The van der Waals surface area contributed by atoms with Gasteiger partial charge in [-0.05, 0) is 19.3 Å². The number of aromatic amines is 1. The Morgan fingerprint density at radius 2 is 2.25 bits per heavy atom. The van der Waals surface area contributed by atoms with Gasteiger partial charge in [-0.3, -0.25) is 0 Å². The molecule has 1 atom stereocenters. The van der Waals surface area contributed by atoms with Crippen LogP contribution in [0.3, 0.4) is 0 Å². The van der Waals surface area contributed by atoms with E-state index in [1.54, 1.807) is 6.07 Å². The lowest BCUT2D eigenvalue weighted by Crippen LogP contribution is -2.17. The molecule has 0 radical (unpaired) electrons. The van der Waals surface area contributed by atoms with Crippen molar-refractivity contribution >= 4 is 11.5 Å². The first-order valence-electron chi connectivity index (χ1n) is 7.34. The van der Waals surface area contributed by atoms with Crippen molar-refractivity contribution in [3.63, 3.8) is 0 Å². The van der Waals surface area contributed by atoms with E-state index >= 15 is 0 Å². The fourth-order valence-electron chi connectivity index (χ4n) is 2.38. The highest BCUT2D eigenvalue weighted by Crippen LogP contribution is 2.14. The number of hydrogen-bond acceptors (Lipinski definition) is 4. The maximum atomic E-state index is 11.5. The highest BCUT2D eigenvalue weighted by atomic mass is 16.1. The molecule has 2 aromatic rings. The molecule has 0 aliphatic rings. The van der Waals surface area contributed by atoms with Gasteiger partial charge in [-0.25, -0.2) is 19.3 Å². The van der Waals surface area contributed by atoms with Gasteiger partial charge in [0.15, 0.2) is 5.65 Å². The molecule has 2 N–H and O–H groups in total. The Bertz CT molecular complexity index is 616. The van der Waals surface area contributed by atoms with Crippen LogP contribution in [0.15, 0.2) is 10.9 Å². The Balaban J connectivity index is 2.08. The average Bonchev–Trinajstić information content (AvgIpc) is 2.81.